The number of hydrogen-bond donors (Lipinski definition) is 2. The number of amides is 1. The highest BCUT2D eigenvalue weighted by atomic mass is 16.5. The molecule has 2 aromatic heterocycles. The fraction of sp³-hybridized carbons (Fsp3) is 0.192. The molecule has 0 unspecified atom stereocenters. The number of benzene rings is 2. The largest absolute Gasteiger partial charge is 0.479 e. The lowest BCUT2D eigenvalue weighted by atomic mass is 9.94. The SMILES string of the molecule is CCc1c(C(=O)C(N)=O)c2c(OCC(=O)O)nc(C)nn2c1Cc1ccccc1-c1ccccc1. The number of nitrogens with two attached hydrogens (primary N) is 1. The van der Waals surface area contributed by atoms with Crippen molar-refractivity contribution in [1.29, 1.82) is 0 Å². The van der Waals surface area contributed by atoms with Crippen LogP contribution in [0.2, 0.25) is 0 Å². The van der Waals surface area contributed by atoms with E-state index in [1.165, 1.54) is 4.52 Å². The number of fused-ring (bicyclic) bond motifs is 1. The number of ether oxygens (including phenoxy) is 1. The Morgan fingerprint density at radius 3 is 2.40 bits per heavy atom. The molecular weight excluding hydrogens is 448 g/mol. The van der Waals surface area contributed by atoms with Crippen LogP contribution in [-0.2, 0) is 22.4 Å². The first-order chi connectivity index (χ1) is 16.8. The van der Waals surface area contributed by atoms with Gasteiger partial charge < -0.3 is 15.6 Å². The summed E-state index contributed by atoms with van der Waals surface area (Å²) < 4.78 is 6.94. The molecule has 0 radical (unpaired) electrons. The molecule has 35 heavy (non-hydrogen) atoms. The minimum Gasteiger partial charge on any atom is -0.479 e. The van der Waals surface area contributed by atoms with Crippen molar-refractivity contribution < 1.29 is 24.2 Å². The summed E-state index contributed by atoms with van der Waals surface area (Å²) in [5, 5.41) is 13.6. The number of aliphatic carboxylic acids is 1. The number of aryl methyl sites for hydroxylation is 1. The molecule has 178 valence electrons. The number of rotatable bonds is 9. The molecule has 0 saturated carbocycles. The van der Waals surface area contributed by atoms with Gasteiger partial charge in [-0.05, 0) is 35.6 Å². The van der Waals surface area contributed by atoms with Gasteiger partial charge in [-0.15, -0.1) is 0 Å². The summed E-state index contributed by atoms with van der Waals surface area (Å²) in [4.78, 5) is 40.3. The molecule has 0 aliphatic rings. The number of carboxylic acid groups (broad SMARTS) is 1. The van der Waals surface area contributed by atoms with Crippen molar-refractivity contribution in [3.8, 4) is 17.0 Å². The molecule has 4 rings (SSSR count). The van der Waals surface area contributed by atoms with Gasteiger partial charge in [0.1, 0.15) is 11.3 Å². The minimum absolute atomic E-state index is 0.0348. The molecule has 0 bridgehead atoms. The van der Waals surface area contributed by atoms with Crippen molar-refractivity contribution in [3.63, 3.8) is 0 Å². The third-order valence-corrected chi connectivity index (χ3v) is 5.66. The Labute approximate surface area is 201 Å². The average molecular weight is 473 g/mol. The Bertz CT molecular complexity index is 1440. The summed E-state index contributed by atoms with van der Waals surface area (Å²) in [6, 6.07) is 17.8. The molecule has 0 atom stereocenters. The quantitative estimate of drug-likeness (QED) is 0.282. The Balaban J connectivity index is 1.98. The average Bonchev–Trinajstić information content (AvgIpc) is 3.15. The summed E-state index contributed by atoms with van der Waals surface area (Å²) in [5.74, 6) is -3.03. The van der Waals surface area contributed by atoms with E-state index in [1.807, 2.05) is 61.5 Å². The molecule has 2 aromatic carbocycles. The third kappa shape index (κ3) is 4.61. The highest BCUT2D eigenvalue weighted by Crippen LogP contribution is 2.33. The summed E-state index contributed by atoms with van der Waals surface area (Å²) in [5.41, 5.74) is 9.82. The molecule has 0 aliphatic heterocycles. The second-order valence-electron chi connectivity index (χ2n) is 7.95. The lowest BCUT2D eigenvalue weighted by Crippen LogP contribution is -2.24. The molecule has 3 N–H and O–H groups in total. The second-order valence-corrected chi connectivity index (χ2v) is 7.95. The molecule has 0 spiro atoms. The van der Waals surface area contributed by atoms with Crippen LogP contribution in [-0.4, -0.2) is 44.0 Å². The predicted octanol–water partition coefficient (Wildman–Crippen LogP) is 2.99. The van der Waals surface area contributed by atoms with Crippen molar-refractivity contribution in [2.75, 3.05) is 6.61 Å². The molecule has 0 aliphatic carbocycles. The Morgan fingerprint density at radius 1 is 1.06 bits per heavy atom. The van der Waals surface area contributed by atoms with Gasteiger partial charge in [-0.3, -0.25) is 9.59 Å². The zero-order valence-corrected chi connectivity index (χ0v) is 19.3. The summed E-state index contributed by atoms with van der Waals surface area (Å²) in [7, 11) is 0. The first-order valence-electron chi connectivity index (χ1n) is 11.0. The number of hydrogen-bond acceptors (Lipinski definition) is 6. The number of ketones is 1. The van der Waals surface area contributed by atoms with E-state index >= 15 is 0 Å². The van der Waals surface area contributed by atoms with Crippen LogP contribution in [0.3, 0.4) is 0 Å². The predicted molar refractivity (Wildman–Crippen MR) is 128 cm³/mol. The standard InChI is InChI=1S/C26H24N4O5/c1-3-18-20(13-17-11-7-8-12-19(17)16-9-5-4-6-10-16)30-23(22(18)24(33)25(27)34)26(28-15(2)29-30)35-14-21(31)32/h4-12H,3,13-14H2,1-2H3,(H2,27,34)(H,31,32). The van der Waals surface area contributed by atoms with E-state index < -0.39 is 24.3 Å². The molecule has 0 saturated heterocycles. The van der Waals surface area contributed by atoms with Crippen molar-refractivity contribution in [2.24, 2.45) is 5.73 Å². The maximum Gasteiger partial charge on any atom is 0.341 e. The maximum atomic E-state index is 13.0. The van der Waals surface area contributed by atoms with Crippen LogP contribution >= 0.6 is 0 Å². The van der Waals surface area contributed by atoms with Gasteiger partial charge in [0.15, 0.2) is 6.61 Å². The highest BCUT2D eigenvalue weighted by molar-refractivity contribution is 6.44. The van der Waals surface area contributed by atoms with E-state index in [9.17, 15) is 14.4 Å². The van der Waals surface area contributed by atoms with E-state index in [0.29, 0.717) is 29.9 Å². The van der Waals surface area contributed by atoms with Crippen LogP contribution in [0.15, 0.2) is 54.6 Å². The van der Waals surface area contributed by atoms with Crippen molar-refractivity contribution in [3.05, 3.63) is 82.8 Å². The second kappa shape index (κ2) is 9.76. The Morgan fingerprint density at radius 2 is 1.74 bits per heavy atom. The molecular formula is C26H24N4O5. The van der Waals surface area contributed by atoms with E-state index in [0.717, 1.165) is 16.7 Å². The van der Waals surface area contributed by atoms with Gasteiger partial charge in [0.25, 0.3) is 11.7 Å². The Hall–Kier alpha value is -4.53. The fourth-order valence-corrected chi connectivity index (χ4v) is 4.25. The molecule has 9 heteroatoms. The smallest absolute Gasteiger partial charge is 0.341 e. The number of primary amides is 1. The summed E-state index contributed by atoms with van der Waals surface area (Å²) in [6.07, 6.45) is 0.786. The van der Waals surface area contributed by atoms with Gasteiger partial charge in [0.05, 0.1) is 11.3 Å². The van der Waals surface area contributed by atoms with Crippen molar-refractivity contribution in [2.45, 2.75) is 26.7 Å². The van der Waals surface area contributed by atoms with Crippen molar-refractivity contribution in [1.82, 2.24) is 14.6 Å². The summed E-state index contributed by atoms with van der Waals surface area (Å²) >= 11 is 0. The Kier molecular flexibility index (Phi) is 6.59. The zero-order valence-electron chi connectivity index (χ0n) is 19.3. The number of carbonyl (C=O) groups is 3. The third-order valence-electron chi connectivity index (χ3n) is 5.66. The highest BCUT2D eigenvalue weighted by Gasteiger charge is 2.30. The topological polar surface area (TPSA) is 137 Å². The summed E-state index contributed by atoms with van der Waals surface area (Å²) in [6.45, 7) is 2.82. The van der Waals surface area contributed by atoms with Gasteiger partial charge >= 0.3 is 5.97 Å². The van der Waals surface area contributed by atoms with Crippen LogP contribution in [0.5, 0.6) is 5.88 Å². The maximum absolute atomic E-state index is 13.0. The monoisotopic (exact) mass is 472 g/mol. The van der Waals surface area contributed by atoms with Crippen LogP contribution < -0.4 is 10.5 Å². The van der Waals surface area contributed by atoms with Gasteiger partial charge in [0.2, 0.25) is 5.88 Å². The number of Topliss-reactive ketones (excluding diaryl/α,β-unsaturated/α-hetero) is 1. The van der Waals surface area contributed by atoms with E-state index in [1.54, 1.807) is 6.92 Å². The van der Waals surface area contributed by atoms with Gasteiger partial charge in [-0.25, -0.2) is 9.31 Å². The molecule has 0 fully saturated rings. The number of carbonyl (C=O) groups excluding carboxylic acids is 2. The van der Waals surface area contributed by atoms with E-state index in [-0.39, 0.29) is 17.0 Å². The van der Waals surface area contributed by atoms with Gasteiger partial charge in [0, 0.05) is 6.42 Å². The fourth-order valence-electron chi connectivity index (χ4n) is 4.25. The minimum atomic E-state index is -1.21. The van der Waals surface area contributed by atoms with Gasteiger partial charge in [-0.1, -0.05) is 61.5 Å². The van der Waals surface area contributed by atoms with Crippen LogP contribution in [0.4, 0.5) is 0 Å². The zero-order chi connectivity index (χ0) is 25.1. The van der Waals surface area contributed by atoms with Crippen LogP contribution in [0, 0.1) is 6.92 Å². The number of nitrogens with zero attached hydrogens (tertiary/aromatic N) is 3. The molecule has 1 amide bonds. The lowest BCUT2D eigenvalue weighted by Gasteiger charge is -2.12. The molecule has 4 aromatic rings. The van der Waals surface area contributed by atoms with Crippen LogP contribution in [0.25, 0.3) is 16.6 Å². The first kappa shape index (κ1) is 23.6. The first-order valence-corrected chi connectivity index (χ1v) is 11.0. The molecule has 2 heterocycles. The van der Waals surface area contributed by atoms with E-state index in [2.05, 4.69) is 10.1 Å². The van der Waals surface area contributed by atoms with E-state index in [4.69, 9.17) is 15.6 Å². The normalized spacial score (nSPS) is 10.9. The van der Waals surface area contributed by atoms with Crippen molar-refractivity contribution >= 4 is 23.2 Å². The van der Waals surface area contributed by atoms with Gasteiger partial charge in [-0.2, -0.15) is 10.1 Å². The number of carboxylic acids is 1. The lowest BCUT2D eigenvalue weighted by molar-refractivity contribution is -0.139. The van der Waals surface area contributed by atoms with Crippen LogP contribution in [0.1, 0.15) is 39.9 Å². The molecule has 9 nitrogen and oxygen atoms in total. The number of aromatic nitrogens is 3.